The topological polar surface area (TPSA) is 0 Å². The second kappa shape index (κ2) is 13.3. The van der Waals surface area contributed by atoms with E-state index >= 15 is 0 Å². The molecule has 6 aliphatic rings. The maximum absolute atomic E-state index is 2.81. The molecule has 0 aromatic rings. The van der Waals surface area contributed by atoms with Gasteiger partial charge in [-0.1, -0.05) is 113 Å². The van der Waals surface area contributed by atoms with Crippen LogP contribution < -0.4 is 0 Å². The quantitative estimate of drug-likeness (QED) is 0.328. The number of rotatable bonds is 6. The molecule has 210 valence electrons. The molecular weight excluding hydrogens is 476 g/mol. The van der Waals surface area contributed by atoms with Gasteiger partial charge in [0, 0.05) is 4.91 Å². The van der Waals surface area contributed by atoms with E-state index in [9.17, 15) is 0 Å². The Morgan fingerprint density at radius 3 is 1.76 bits per heavy atom. The fourth-order valence-corrected chi connectivity index (χ4v) is 10.8. The number of thioether (sulfide) groups is 1. The van der Waals surface area contributed by atoms with Crippen molar-refractivity contribution in [1.29, 1.82) is 0 Å². The van der Waals surface area contributed by atoms with Crippen LogP contribution in [-0.4, -0.2) is 0 Å². The molecule has 3 atom stereocenters. The summed E-state index contributed by atoms with van der Waals surface area (Å²) in [6.45, 7) is 2.61. The number of hydrogen-bond donors (Lipinski definition) is 0. The molecule has 0 spiro atoms. The van der Waals surface area contributed by atoms with Gasteiger partial charge in [-0.25, -0.2) is 0 Å². The standard InChI is InChI=1S/C37H56S/c1-27-36(30-18-10-4-11-19-30)25-35(26-37(27)31-20-12-5-13-21-31)38-34-23-32(28-14-6-2-7-15-28)22-33(24-34)29-16-8-3-9-17-29/h22-23,25-31,33,36H,2-21,24H2,1H3. The third-order valence-electron chi connectivity index (χ3n) is 11.8. The highest BCUT2D eigenvalue weighted by Crippen LogP contribution is 2.50. The van der Waals surface area contributed by atoms with Gasteiger partial charge < -0.3 is 0 Å². The minimum atomic E-state index is 0.763. The first kappa shape index (κ1) is 27.5. The van der Waals surface area contributed by atoms with E-state index in [1.807, 2.05) is 5.57 Å². The highest BCUT2D eigenvalue weighted by Gasteiger charge is 2.35. The Bertz CT molecular complexity index is 893. The third-order valence-corrected chi connectivity index (χ3v) is 12.8. The van der Waals surface area contributed by atoms with Crippen LogP contribution in [0.25, 0.3) is 0 Å². The summed E-state index contributed by atoms with van der Waals surface area (Å²) in [5, 5.41) is 0. The lowest BCUT2D eigenvalue weighted by atomic mass is 9.67. The van der Waals surface area contributed by atoms with Crippen molar-refractivity contribution in [2.24, 2.45) is 41.4 Å². The molecule has 6 rings (SSSR count). The first-order valence-corrected chi connectivity index (χ1v) is 18.1. The first-order chi connectivity index (χ1) is 18.7. The van der Waals surface area contributed by atoms with Gasteiger partial charge in [0.05, 0.1) is 0 Å². The smallest absolute Gasteiger partial charge is 0.00815 e. The van der Waals surface area contributed by atoms with Crippen LogP contribution in [0.2, 0.25) is 0 Å². The van der Waals surface area contributed by atoms with E-state index in [0.29, 0.717) is 0 Å². The average Bonchev–Trinajstić information content (AvgIpc) is 2.99. The van der Waals surface area contributed by atoms with Crippen molar-refractivity contribution in [3.63, 3.8) is 0 Å². The second-order valence-corrected chi connectivity index (χ2v) is 15.5. The van der Waals surface area contributed by atoms with Crippen LogP contribution >= 0.6 is 11.8 Å². The Labute approximate surface area is 239 Å². The van der Waals surface area contributed by atoms with Crippen molar-refractivity contribution in [2.45, 2.75) is 142 Å². The first-order valence-electron chi connectivity index (χ1n) is 17.3. The molecule has 4 fully saturated rings. The summed E-state index contributed by atoms with van der Waals surface area (Å²) in [4.78, 5) is 3.35. The summed E-state index contributed by atoms with van der Waals surface area (Å²) < 4.78 is 0. The molecule has 0 heterocycles. The summed E-state index contributed by atoms with van der Waals surface area (Å²) >= 11 is 2.22. The molecule has 1 heteroatoms. The molecule has 0 radical (unpaired) electrons. The van der Waals surface area contributed by atoms with Gasteiger partial charge in [-0.05, 0) is 122 Å². The van der Waals surface area contributed by atoms with Crippen LogP contribution in [0.4, 0.5) is 0 Å². The largest absolute Gasteiger partial charge is 0.0949 e. The lowest BCUT2D eigenvalue weighted by molar-refractivity contribution is 0.229. The molecule has 0 amide bonds. The zero-order valence-corrected chi connectivity index (χ0v) is 25.4. The Hall–Kier alpha value is -0.690. The van der Waals surface area contributed by atoms with E-state index in [2.05, 4.69) is 43.0 Å². The van der Waals surface area contributed by atoms with Crippen molar-refractivity contribution in [3.8, 4) is 0 Å². The van der Waals surface area contributed by atoms with Gasteiger partial charge in [0.1, 0.15) is 0 Å². The van der Waals surface area contributed by atoms with Crippen LogP contribution in [-0.2, 0) is 0 Å². The molecule has 0 nitrogen and oxygen atoms in total. The van der Waals surface area contributed by atoms with Crippen molar-refractivity contribution >= 4 is 11.8 Å². The maximum Gasteiger partial charge on any atom is 0.00815 e. The van der Waals surface area contributed by atoms with E-state index in [0.717, 1.165) is 41.4 Å². The Morgan fingerprint density at radius 1 is 0.579 bits per heavy atom. The zero-order valence-electron chi connectivity index (χ0n) is 24.6. The molecule has 6 aliphatic carbocycles. The van der Waals surface area contributed by atoms with Crippen LogP contribution in [0, 0.1) is 41.4 Å². The highest BCUT2D eigenvalue weighted by atomic mass is 32.2. The van der Waals surface area contributed by atoms with E-state index in [1.165, 1.54) is 135 Å². The second-order valence-electron chi connectivity index (χ2n) is 14.3. The highest BCUT2D eigenvalue weighted by molar-refractivity contribution is 8.06. The molecular formula is C37H56S. The Kier molecular flexibility index (Phi) is 9.63. The molecule has 38 heavy (non-hydrogen) atoms. The average molecular weight is 533 g/mol. The van der Waals surface area contributed by atoms with E-state index < -0.39 is 0 Å². The predicted octanol–water partition coefficient (Wildman–Crippen LogP) is 11.9. The van der Waals surface area contributed by atoms with Gasteiger partial charge in [-0.3, -0.25) is 0 Å². The summed E-state index contributed by atoms with van der Waals surface area (Å²) in [6, 6.07) is 0. The van der Waals surface area contributed by atoms with Gasteiger partial charge in [0.25, 0.3) is 0 Å². The third kappa shape index (κ3) is 6.61. The van der Waals surface area contributed by atoms with Crippen LogP contribution in [0.15, 0.2) is 45.3 Å². The van der Waals surface area contributed by atoms with Crippen molar-refractivity contribution in [1.82, 2.24) is 0 Å². The predicted molar refractivity (Wildman–Crippen MR) is 167 cm³/mol. The number of hydrogen-bond acceptors (Lipinski definition) is 1. The normalized spacial score (nSPS) is 33.3. The maximum atomic E-state index is 2.81. The monoisotopic (exact) mass is 532 g/mol. The molecule has 0 bridgehead atoms. The Morgan fingerprint density at radius 2 is 1.13 bits per heavy atom. The molecule has 4 saturated carbocycles. The van der Waals surface area contributed by atoms with Crippen LogP contribution in [0.5, 0.6) is 0 Å². The van der Waals surface area contributed by atoms with Crippen molar-refractivity contribution in [2.75, 3.05) is 0 Å². The fourth-order valence-electron chi connectivity index (χ4n) is 9.56. The van der Waals surface area contributed by atoms with Crippen LogP contribution in [0.1, 0.15) is 142 Å². The fraction of sp³-hybridized carbons (Fsp3) is 0.784. The molecule has 0 saturated heterocycles. The summed E-state index contributed by atoms with van der Waals surface area (Å²) in [5.74, 6) is 5.92. The molecule has 3 unspecified atom stereocenters. The molecule has 0 aromatic carbocycles. The van der Waals surface area contributed by atoms with Crippen LogP contribution in [0.3, 0.4) is 0 Å². The van der Waals surface area contributed by atoms with Crippen molar-refractivity contribution < 1.29 is 0 Å². The van der Waals surface area contributed by atoms with Gasteiger partial charge in [-0.15, -0.1) is 0 Å². The van der Waals surface area contributed by atoms with Gasteiger partial charge in [0.2, 0.25) is 0 Å². The molecule has 0 N–H and O–H groups in total. The van der Waals surface area contributed by atoms with Gasteiger partial charge in [0.15, 0.2) is 0 Å². The molecule has 0 aromatic heterocycles. The Balaban J connectivity index is 1.26. The minimum Gasteiger partial charge on any atom is -0.0949 e. The minimum absolute atomic E-state index is 0.763. The summed E-state index contributed by atoms with van der Waals surface area (Å²) in [5.41, 5.74) is 3.60. The lowest BCUT2D eigenvalue weighted by Crippen LogP contribution is -2.29. The van der Waals surface area contributed by atoms with E-state index in [1.54, 1.807) is 15.4 Å². The SMILES string of the molecule is CC1C(C2CCCCC2)=CC(SC2=CC(C3CCCCC3)=CC(C3CCCCC3)C2)=CC1C1CCCCC1. The van der Waals surface area contributed by atoms with Crippen molar-refractivity contribution in [3.05, 3.63) is 45.3 Å². The lowest BCUT2D eigenvalue weighted by Gasteiger charge is -2.40. The summed E-state index contributed by atoms with van der Waals surface area (Å²) in [6.07, 6.45) is 41.6. The van der Waals surface area contributed by atoms with E-state index in [-0.39, 0.29) is 0 Å². The van der Waals surface area contributed by atoms with Gasteiger partial charge >= 0.3 is 0 Å². The number of allylic oxidation sites excluding steroid dienone is 7. The zero-order chi connectivity index (χ0) is 25.7. The van der Waals surface area contributed by atoms with Gasteiger partial charge in [-0.2, -0.15) is 0 Å². The molecule has 0 aliphatic heterocycles. The summed E-state index contributed by atoms with van der Waals surface area (Å²) in [7, 11) is 0. The van der Waals surface area contributed by atoms with E-state index in [4.69, 9.17) is 0 Å².